The molecule has 0 radical (unpaired) electrons. The van der Waals surface area contributed by atoms with E-state index in [4.69, 9.17) is 0 Å². The van der Waals surface area contributed by atoms with Crippen molar-refractivity contribution in [2.24, 2.45) is 0 Å². The molecule has 1 saturated heterocycles. The quantitative estimate of drug-likeness (QED) is 0.895. The molecule has 0 aliphatic carbocycles. The molecule has 1 aliphatic rings. The maximum atomic E-state index is 12.4. The summed E-state index contributed by atoms with van der Waals surface area (Å²) in [7, 11) is 0. The normalized spacial score (nSPS) is 17.1. The smallest absolute Gasteiger partial charge is 0.228 e. The third-order valence-corrected chi connectivity index (χ3v) is 4.50. The number of nitrogens with zero attached hydrogens (tertiary/aromatic N) is 3. The molecule has 0 bridgehead atoms. The van der Waals surface area contributed by atoms with Crippen LogP contribution in [-0.4, -0.2) is 46.5 Å². The van der Waals surface area contributed by atoms with E-state index < -0.39 is 0 Å². The summed E-state index contributed by atoms with van der Waals surface area (Å²) in [5, 5.41) is 6.11. The maximum Gasteiger partial charge on any atom is 0.228 e. The molecule has 2 aromatic rings. The van der Waals surface area contributed by atoms with Crippen molar-refractivity contribution in [3.05, 3.63) is 35.5 Å². The highest BCUT2D eigenvalue weighted by atomic mass is 35.5. The summed E-state index contributed by atoms with van der Waals surface area (Å²) in [5.74, 6) is 0.155. The van der Waals surface area contributed by atoms with Crippen molar-refractivity contribution >= 4 is 42.1 Å². The molecule has 23 heavy (non-hydrogen) atoms. The Labute approximate surface area is 152 Å². The third-order valence-electron chi connectivity index (χ3n) is 3.59. The fourth-order valence-electron chi connectivity index (χ4n) is 2.46. The first-order chi connectivity index (χ1) is 10.2. The third kappa shape index (κ3) is 4.88. The molecule has 3 heterocycles. The van der Waals surface area contributed by atoms with Gasteiger partial charge in [-0.05, 0) is 19.1 Å². The summed E-state index contributed by atoms with van der Waals surface area (Å²) in [6, 6.07) is 6.01. The van der Waals surface area contributed by atoms with Crippen molar-refractivity contribution in [3.63, 3.8) is 0 Å². The topological polar surface area (TPSA) is 58.1 Å². The summed E-state index contributed by atoms with van der Waals surface area (Å²) >= 11 is 1.54. The zero-order valence-electron chi connectivity index (χ0n) is 12.8. The van der Waals surface area contributed by atoms with Gasteiger partial charge < -0.3 is 10.2 Å². The van der Waals surface area contributed by atoms with Crippen molar-refractivity contribution in [2.75, 3.05) is 19.6 Å². The number of nitrogens with one attached hydrogen (secondary N) is 1. The van der Waals surface area contributed by atoms with E-state index in [-0.39, 0.29) is 36.8 Å². The average molecular weight is 375 g/mol. The second-order valence-corrected chi connectivity index (χ2v) is 6.03. The molecule has 126 valence electrons. The van der Waals surface area contributed by atoms with Crippen LogP contribution in [0, 0.1) is 0 Å². The first-order valence-corrected chi connectivity index (χ1v) is 7.98. The number of halogens is 2. The molecule has 1 aliphatic heterocycles. The van der Waals surface area contributed by atoms with Crippen LogP contribution in [0.25, 0.3) is 10.7 Å². The molecule has 1 fully saturated rings. The van der Waals surface area contributed by atoms with E-state index in [9.17, 15) is 4.79 Å². The number of hydrogen-bond acceptors (Lipinski definition) is 5. The van der Waals surface area contributed by atoms with Gasteiger partial charge in [-0.25, -0.2) is 4.98 Å². The number of piperazine rings is 1. The van der Waals surface area contributed by atoms with Gasteiger partial charge in [-0.1, -0.05) is 6.07 Å². The van der Waals surface area contributed by atoms with Crippen LogP contribution in [-0.2, 0) is 11.2 Å². The van der Waals surface area contributed by atoms with Crippen LogP contribution in [0.2, 0.25) is 0 Å². The molecule has 0 spiro atoms. The summed E-state index contributed by atoms with van der Waals surface area (Å²) in [6.45, 7) is 4.58. The lowest BCUT2D eigenvalue weighted by molar-refractivity contribution is -0.133. The number of pyridine rings is 1. The Balaban J connectivity index is 0.00000132. The molecule has 0 aromatic carbocycles. The molecule has 3 rings (SSSR count). The van der Waals surface area contributed by atoms with Crippen LogP contribution in [0.1, 0.15) is 12.6 Å². The predicted octanol–water partition coefficient (Wildman–Crippen LogP) is 2.41. The minimum absolute atomic E-state index is 0. The van der Waals surface area contributed by atoms with Gasteiger partial charge >= 0.3 is 0 Å². The second-order valence-electron chi connectivity index (χ2n) is 5.18. The number of carbonyl (C=O) groups excluding carboxylic acids is 1. The van der Waals surface area contributed by atoms with Gasteiger partial charge in [0.1, 0.15) is 5.01 Å². The fourth-order valence-corrected chi connectivity index (χ4v) is 3.26. The highest BCUT2D eigenvalue weighted by Gasteiger charge is 2.23. The van der Waals surface area contributed by atoms with Gasteiger partial charge in [0.2, 0.25) is 5.91 Å². The summed E-state index contributed by atoms with van der Waals surface area (Å²) < 4.78 is 0. The molecule has 0 unspecified atom stereocenters. The summed E-state index contributed by atoms with van der Waals surface area (Å²) in [6.07, 6.45) is 2.12. The first-order valence-electron chi connectivity index (χ1n) is 7.10. The second kappa shape index (κ2) is 9.17. The minimum Gasteiger partial charge on any atom is -0.337 e. The molecule has 8 heteroatoms. The molecular weight excluding hydrogens is 355 g/mol. The van der Waals surface area contributed by atoms with Crippen LogP contribution in [0.4, 0.5) is 0 Å². The Hall–Kier alpha value is -1.21. The van der Waals surface area contributed by atoms with Gasteiger partial charge in [0.05, 0.1) is 17.8 Å². The first kappa shape index (κ1) is 19.8. The Morgan fingerprint density at radius 3 is 2.96 bits per heavy atom. The van der Waals surface area contributed by atoms with E-state index in [1.807, 2.05) is 28.5 Å². The Bertz CT molecular complexity index is 623. The zero-order valence-corrected chi connectivity index (χ0v) is 15.2. The number of rotatable bonds is 3. The van der Waals surface area contributed by atoms with Crippen LogP contribution in [0.5, 0.6) is 0 Å². The van der Waals surface area contributed by atoms with Crippen molar-refractivity contribution in [1.29, 1.82) is 0 Å². The van der Waals surface area contributed by atoms with Crippen LogP contribution in [0.3, 0.4) is 0 Å². The van der Waals surface area contributed by atoms with Gasteiger partial charge in [0, 0.05) is 37.3 Å². The number of hydrogen-bond donors (Lipinski definition) is 1. The van der Waals surface area contributed by atoms with E-state index in [1.165, 1.54) is 11.3 Å². The molecule has 2 aromatic heterocycles. The fraction of sp³-hybridized carbons (Fsp3) is 0.400. The standard InChI is InChI=1S/C15H18N4OS.2ClH/c1-11-9-16-6-7-19(11)14(20)8-12-10-21-15(18-12)13-4-2-3-5-17-13;;/h2-5,10-11,16H,6-9H2,1H3;2*1H/t11-;;/m0../s1. The molecule has 1 atom stereocenters. The van der Waals surface area contributed by atoms with Gasteiger partial charge in [0.25, 0.3) is 0 Å². The van der Waals surface area contributed by atoms with Crippen molar-refractivity contribution in [3.8, 4) is 10.7 Å². The summed E-state index contributed by atoms with van der Waals surface area (Å²) in [5.41, 5.74) is 1.69. The van der Waals surface area contributed by atoms with Crippen molar-refractivity contribution in [2.45, 2.75) is 19.4 Å². The SMILES string of the molecule is C[C@H]1CNCCN1C(=O)Cc1csc(-c2ccccn2)n1.Cl.Cl. The van der Waals surface area contributed by atoms with E-state index in [0.29, 0.717) is 6.42 Å². The number of aromatic nitrogens is 2. The van der Waals surface area contributed by atoms with Gasteiger partial charge in [-0.3, -0.25) is 9.78 Å². The molecule has 1 N–H and O–H groups in total. The van der Waals surface area contributed by atoms with Crippen molar-refractivity contribution < 1.29 is 4.79 Å². The van der Waals surface area contributed by atoms with Crippen LogP contribution in [0.15, 0.2) is 29.8 Å². The lowest BCUT2D eigenvalue weighted by Crippen LogP contribution is -2.52. The minimum atomic E-state index is 0. The highest BCUT2D eigenvalue weighted by molar-refractivity contribution is 7.13. The van der Waals surface area contributed by atoms with Gasteiger partial charge in [-0.2, -0.15) is 0 Å². The van der Waals surface area contributed by atoms with E-state index >= 15 is 0 Å². The van der Waals surface area contributed by atoms with E-state index in [2.05, 4.69) is 22.2 Å². The lowest BCUT2D eigenvalue weighted by atomic mass is 10.2. The largest absolute Gasteiger partial charge is 0.337 e. The number of thiazole rings is 1. The zero-order chi connectivity index (χ0) is 14.7. The average Bonchev–Trinajstić information content (AvgIpc) is 2.97. The Kier molecular flexibility index (Phi) is 7.91. The van der Waals surface area contributed by atoms with Crippen molar-refractivity contribution in [1.82, 2.24) is 20.2 Å². The maximum absolute atomic E-state index is 12.4. The highest BCUT2D eigenvalue weighted by Crippen LogP contribution is 2.22. The number of carbonyl (C=O) groups is 1. The number of amides is 1. The van der Waals surface area contributed by atoms with E-state index in [0.717, 1.165) is 36.0 Å². The van der Waals surface area contributed by atoms with E-state index in [1.54, 1.807) is 6.20 Å². The molecule has 1 amide bonds. The Morgan fingerprint density at radius 2 is 2.26 bits per heavy atom. The molecule has 5 nitrogen and oxygen atoms in total. The monoisotopic (exact) mass is 374 g/mol. The Morgan fingerprint density at radius 1 is 1.43 bits per heavy atom. The molecular formula is C15H20Cl2N4OS. The summed E-state index contributed by atoms with van der Waals surface area (Å²) in [4.78, 5) is 23.1. The van der Waals surface area contributed by atoms with Gasteiger partial charge in [-0.15, -0.1) is 36.2 Å². The lowest BCUT2D eigenvalue weighted by Gasteiger charge is -2.33. The van der Waals surface area contributed by atoms with Crippen LogP contribution < -0.4 is 5.32 Å². The van der Waals surface area contributed by atoms with Crippen LogP contribution >= 0.6 is 36.2 Å². The predicted molar refractivity (Wildman–Crippen MR) is 97.6 cm³/mol. The van der Waals surface area contributed by atoms with Gasteiger partial charge in [0.15, 0.2) is 0 Å². The molecule has 0 saturated carbocycles.